The molecule has 6 rings (SSSR count). The van der Waals surface area contributed by atoms with Crippen molar-refractivity contribution in [2.75, 3.05) is 0 Å². The van der Waals surface area contributed by atoms with Gasteiger partial charge in [0.25, 0.3) is 5.65 Å². The van der Waals surface area contributed by atoms with Crippen molar-refractivity contribution >= 4 is 22.2 Å². The first-order valence-corrected chi connectivity index (χ1v) is 8.48. The van der Waals surface area contributed by atoms with E-state index < -0.39 is 6.98 Å². The minimum absolute atomic E-state index is 0.593. The van der Waals surface area contributed by atoms with Crippen LogP contribution in [0.4, 0.5) is 0 Å². The molecule has 124 valence electrons. The van der Waals surface area contributed by atoms with Gasteiger partial charge in [-0.05, 0) is 30.3 Å². The number of fused-ring (bicyclic) bond motifs is 7. The number of nitrogens with zero attached hydrogens (tertiary/aromatic N) is 5. The minimum atomic E-state index is -2.33. The summed E-state index contributed by atoms with van der Waals surface area (Å²) in [4.78, 5) is 8.90. The molecule has 1 aliphatic heterocycles. The first-order chi connectivity index (χ1) is 14.1. The number of hydrogen-bond donors (Lipinski definition) is 0. The minimum Gasteiger partial charge on any atom is -0.264 e. The molecule has 1 aromatic carbocycles. The summed E-state index contributed by atoms with van der Waals surface area (Å²) in [5.74, 6) is 0.926. The molecule has 0 amide bonds. The van der Waals surface area contributed by atoms with Crippen molar-refractivity contribution < 1.29 is 8.68 Å². The van der Waals surface area contributed by atoms with Crippen molar-refractivity contribution in [3.63, 3.8) is 0 Å². The molecule has 0 unspecified atom stereocenters. The van der Waals surface area contributed by atoms with Crippen molar-refractivity contribution in [3.05, 3.63) is 72.7 Å². The number of aryl methyl sites for hydroxylation is 1. The number of para-hydroxylation sites is 1. The molecule has 5 heterocycles. The lowest BCUT2D eigenvalue weighted by molar-refractivity contribution is -0.648. The lowest BCUT2D eigenvalue weighted by Gasteiger charge is -2.03. The van der Waals surface area contributed by atoms with E-state index in [0.717, 1.165) is 28.2 Å². The van der Waals surface area contributed by atoms with E-state index in [0.29, 0.717) is 23.2 Å². The van der Waals surface area contributed by atoms with E-state index in [-0.39, 0.29) is 0 Å². The standard InChI is InChI=1S/C21H16N5/c1-24-17-8-5-10-23-18(17)19-21(24)25-13-14-9-11-22-12-16(14)20(25)26(19)15-6-3-2-4-7-15/h2-12H,13H2,1H3/q+1/i1D3. The molecule has 0 fully saturated rings. The van der Waals surface area contributed by atoms with Crippen molar-refractivity contribution in [2.24, 2.45) is 6.98 Å². The predicted octanol–water partition coefficient (Wildman–Crippen LogP) is 3.23. The van der Waals surface area contributed by atoms with Crippen LogP contribution in [0.1, 0.15) is 9.68 Å². The fourth-order valence-electron chi connectivity index (χ4n) is 4.04. The third kappa shape index (κ3) is 1.57. The Morgan fingerprint density at radius 2 is 2.00 bits per heavy atom. The summed E-state index contributed by atoms with van der Waals surface area (Å²) in [6.07, 6.45) is 5.33. The largest absolute Gasteiger partial charge is 0.271 e. The Morgan fingerprint density at radius 1 is 1.08 bits per heavy atom. The maximum atomic E-state index is 8.22. The molecule has 5 aromatic rings. The van der Waals surface area contributed by atoms with Gasteiger partial charge in [0.2, 0.25) is 11.3 Å². The Balaban J connectivity index is 1.89. The van der Waals surface area contributed by atoms with Gasteiger partial charge in [-0.15, -0.1) is 0 Å². The van der Waals surface area contributed by atoms with Crippen LogP contribution < -0.4 is 4.57 Å². The zero-order valence-corrected chi connectivity index (χ0v) is 13.8. The van der Waals surface area contributed by atoms with Gasteiger partial charge in [0.05, 0.1) is 23.2 Å². The molecule has 1 aliphatic rings. The summed E-state index contributed by atoms with van der Waals surface area (Å²) < 4.78 is 30.3. The summed E-state index contributed by atoms with van der Waals surface area (Å²) in [6.45, 7) is -1.74. The van der Waals surface area contributed by atoms with Crippen LogP contribution in [0.25, 0.3) is 39.3 Å². The van der Waals surface area contributed by atoms with Crippen LogP contribution in [-0.4, -0.2) is 19.1 Å². The topological polar surface area (TPSA) is 39.5 Å². The van der Waals surface area contributed by atoms with Gasteiger partial charge in [0, 0.05) is 24.2 Å². The number of imidazole rings is 1. The molecule has 0 atom stereocenters. The molecule has 0 saturated carbocycles. The molecule has 0 radical (unpaired) electrons. The number of pyridine rings is 2. The maximum Gasteiger partial charge on any atom is 0.271 e. The average molecular weight is 341 g/mol. The highest BCUT2D eigenvalue weighted by Gasteiger charge is 2.37. The summed E-state index contributed by atoms with van der Waals surface area (Å²) in [5, 5.41) is 0. The summed E-state index contributed by atoms with van der Waals surface area (Å²) >= 11 is 0. The molecule has 0 spiro atoms. The lowest BCUT2D eigenvalue weighted by Crippen LogP contribution is -2.33. The molecule has 5 nitrogen and oxygen atoms in total. The van der Waals surface area contributed by atoms with E-state index in [2.05, 4.69) is 19.1 Å². The summed E-state index contributed by atoms with van der Waals surface area (Å²) in [6, 6.07) is 15.6. The molecule has 5 heteroatoms. The second kappa shape index (κ2) is 4.79. The predicted molar refractivity (Wildman–Crippen MR) is 100 cm³/mol. The monoisotopic (exact) mass is 341 g/mol. The van der Waals surface area contributed by atoms with Gasteiger partial charge in [0.15, 0.2) is 0 Å². The van der Waals surface area contributed by atoms with Crippen LogP contribution in [0.15, 0.2) is 67.1 Å². The number of rotatable bonds is 1. The fraction of sp³-hybridized carbons (Fsp3) is 0.0952. The fourth-order valence-corrected chi connectivity index (χ4v) is 4.04. The zero-order chi connectivity index (χ0) is 19.8. The van der Waals surface area contributed by atoms with E-state index >= 15 is 0 Å². The van der Waals surface area contributed by atoms with Gasteiger partial charge < -0.3 is 0 Å². The number of aromatic nitrogens is 5. The third-order valence-corrected chi connectivity index (χ3v) is 5.12. The van der Waals surface area contributed by atoms with Crippen molar-refractivity contribution in [1.29, 1.82) is 0 Å². The molecular weight excluding hydrogens is 322 g/mol. The van der Waals surface area contributed by atoms with Crippen molar-refractivity contribution in [1.82, 2.24) is 19.1 Å². The third-order valence-electron chi connectivity index (χ3n) is 5.12. The Kier molecular flexibility index (Phi) is 2.06. The van der Waals surface area contributed by atoms with Crippen LogP contribution in [0, 0.1) is 0 Å². The Morgan fingerprint density at radius 3 is 2.88 bits per heavy atom. The van der Waals surface area contributed by atoms with E-state index in [9.17, 15) is 0 Å². The van der Waals surface area contributed by atoms with Crippen LogP contribution >= 0.6 is 0 Å². The van der Waals surface area contributed by atoms with E-state index in [1.165, 1.54) is 4.57 Å². The SMILES string of the molecule is [2H]C([2H])([2H])n1c2cccnc2c2c1[n+]1c(n2-c2ccccc2)-c2cnccc2C1. The number of hydrogen-bond acceptors (Lipinski definition) is 2. The van der Waals surface area contributed by atoms with Crippen molar-refractivity contribution in [2.45, 2.75) is 6.54 Å². The van der Waals surface area contributed by atoms with Crippen LogP contribution in [0.2, 0.25) is 0 Å². The van der Waals surface area contributed by atoms with E-state index in [4.69, 9.17) is 4.11 Å². The Labute approximate surface area is 154 Å². The van der Waals surface area contributed by atoms with E-state index in [1.807, 2.05) is 48.7 Å². The van der Waals surface area contributed by atoms with Crippen LogP contribution in [0.5, 0.6) is 0 Å². The van der Waals surface area contributed by atoms with Gasteiger partial charge in [-0.1, -0.05) is 18.2 Å². The highest BCUT2D eigenvalue weighted by molar-refractivity contribution is 6.03. The lowest BCUT2D eigenvalue weighted by atomic mass is 10.1. The molecule has 4 aromatic heterocycles. The van der Waals surface area contributed by atoms with Gasteiger partial charge in [-0.25, -0.2) is 14.1 Å². The highest BCUT2D eigenvalue weighted by Crippen LogP contribution is 2.36. The normalized spacial score (nSPS) is 14.8. The molecule has 26 heavy (non-hydrogen) atoms. The summed E-state index contributed by atoms with van der Waals surface area (Å²) in [7, 11) is 0. The average Bonchev–Trinajstić information content (AvgIpc) is 3.34. The Hall–Kier alpha value is -3.47. The molecule has 0 bridgehead atoms. The van der Waals surface area contributed by atoms with Gasteiger partial charge in [-0.3, -0.25) is 9.55 Å². The highest BCUT2D eigenvalue weighted by atomic mass is 15.3. The first kappa shape index (κ1) is 11.2. The van der Waals surface area contributed by atoms with Crippen LogP contribution in [-0.2, 0) is 13.5 Å². The van der Waals surface area contributed by atoms with Crippen LogP contribution in [0.3, 0.4) is 0 Å². The molecule has 0 N–H and O–H groups in total. The Bertz CT molecular complexity index is 1410. The molecule has 0 aliphatic carbocycles. The van der Waals surface area contributed by atoms with Crippen molar-refractivity contribution in [3.8, 4) is 17.1 Å². The zero-order valence-electron chi connectivity index (χ0n) is 16.8. The number of benzene rings is 1. The maximum absolute atomic E-state index is 8.22. The first-order valence-electron chi connectivity index (χ1n) is 9.98. The molecular formula is C21H16N5+. The van der Waals surface area contributed by atoms with Gasteiger partial charge in [-0.2, -0.15) is 0 Å². The quantitative estimate of drug-likeness (QED) is 0.431. The van der Waals surface area contributed by atoms with Gasteiger partial charge >= 0.3 is 0 Å². The molecule has 0 saturated heterocycles. The van der Waals surface area contributed by atoms with Gasteiger partial charge in [0.1, 0.15) is 16.7 Å². The smallest absolute Gasteiger partial charge is 0.264 e. The second-order valence-corrected chi connectivity index (χ2v) is 6.49. The van der Waals surface area contributed by atoms with E-state index in [1.54, 1.807) is 18.5 Å². The second-order valence-electron chi connectivity index (χ2n) is 6.49. The summed E-state index contributed by atoms with van der Waals surface area (Å²) in [5.41, 5.74) is 5.81.